The number of hydrogen-bond acceptors (Lipinski definition) is 3. The molecule has 0 unspecified atom stereocenters. The zero-order valence-corrected chi connectivity index (χ0v) is 12.4. The number of rotatable bonds is 0. The van der Waals surface area contributed by atoms with Crippen LogP contribution < -0.4 is 10.00 Å². The Hall–Kier alpha value is -2.24. The molecule has 4 rings (SSSR count). The quantitative estimate of drug-likeness (QED) is 0.697. The average molecular weight is 284 g/mol. The molecule has 0 bridgehead atoms. The third kappa shape index (κ3) is 1.65. The predicted octanol–water partition coefficient (Wildman–Crippen LogP) is 0.645. The molecule has 0 saturated heterocycles. The van der Waals surface area contributed by atoms with Crippen molar-refractivity contribution in [3.05, 3.63) is 28.8 Å². The lowest BCUT2D eigenvalue weighted by Crippen LogP contribution is -2.53. The van der Waals surface area contributed by atoms with Crippen molar-refractivity contribution in [3.63, 3.8) is 0 Å². The van der Waals surface area contributed by atoms with Gasteiger partial charge in [0.05, 0.1) is 17.8 Å². The van der Waals surface area contributed by atoms with Gasteiger partial charge in [-0.2, -0.15) is 5.10 Å². The van der Waals surface area contributed by atoms with Gasteiger partial charge < -0.3 is 5.32 Å². The number of aryl methyl sites for hydroxylation is 1. The second kappa shape index (κ2) is 3.90. The van der Waals surface area contributed by atoms with E-state index in [1.807, 2.05) is 17.8 Å². The fourth-order valence-electron chi connectivity index (χ4n) is 3.39. The molecule has 1 aliphatic carbocycles. The molecule has 1 aliphatic heterocycles. The van der Waals surface area contributed by atoms with E-state index in [1.54, 1.807) is 0 Å². The van der Waals surface area contributed by atoms with Crippen molar-refractivity contribution in [2.24, 2.45) is 0 Å². The van der Waals surface area contributed by atoms with Crippen LogP contribution in [0.3, 0.4) is 0 Å². The van der Waals surface area contributed by atoms with Crippen molar-refractivity contribution >= 4 is 5.91 Å². The summed E-state index contributed by atoms with van der Waals surface area (Å²) in [6.45, 7) is 7.68. The van der Waals surface area contributed by atoms with Gasteiger partial charge in [0.25, 0.3) is 5.69 Å². The summed E-state index contributed by atoms with van der Waals surface area (Å²) in [4.78, 5) is 21.2. The Kier molecular flexibility index (Phi) is 2.32. The molecule has 21 heavy (non-hydrogen) atoms. The molecule has 0 spiro atoms. The molecule has 0 aromatic carbocycles. The summed E-state index contributed by atoms with van der Waals surface area (Å²) in [6, 6.07) is 0. The highest BCUT2D eigenvalue weighted by Gasteiger charge is 2.42. The van der Waals surface area contributed by atoms with Gasteiger partial charge in [-0.25, -0.2) is 9.97 Å². The third-order valence-electron chi connectivity index (χ3n) is 4.43. The van der Waals surface area contributed by atoms with E-state index >= 15 is 0 Å². The number of nitrogens with zero attached hydrogens (tertiary/aromatic N) is 3. The van der Waals surface area contributed by atoms with E-state index in [0.717, 1.165) is 47.0 Å². The van der Waals surface area contributed by atoms with Gasteiger partial charge in [-0.1, -0.05) is 13.8 Å². The summed E-state index contributed by atoms with van der Waals surface area (Å²) in [5.74, 6) is 0.753. The Balaban J connectivity index is 2.04. The fourth-order valence-corrected chi connectivity index (χ4v) is 3.39. The maximum atomic E-state index is 12.2. The van der Waals surface area contributed by atoms with E-state index < -0.39 is 0 Å². The molecule has 2 aliphatic rings. The maximum absolute atomic E-state index is 12.2. The first-order valence-corrected chi connectivity index (χ1v) is 7.25. The number of nitrogens with one attached hydrogen (secondary N) is 2. The first kappa shape index (κ1) is 12.5. The molecule has 0 radical (unpaired) electrons. The molecule has 0 fully saturated rings. The van der Waals surface area contributed by atoms with E-state index in [2.05, 4.69) is 34.2 Å². The summed E-state index contributed by atoms with van der Waals surface area (Å²) >= 11 is 0. The van der Waals surface area contributed by atoms with Crippen molar-refractivity contribution in [3.8, 4) is 11.4 Å². The number of carbonyl (C=O) groups is 1. The Bertz CT molecular complexity index is 775. The van der Waals surface area contributed by atoms with Crippen LogP contribution >= 0.6 is 0 Å². The highest BCUT2D eigenvalue weighted by molar-refractivity contribution is 5.94. The number of hydrogen-bond donors (Lipinski definition) is 2. The van der Waals surface area contributed by atoms with Crippen LogP contribution in [-0.4, -0.2) is 27.5 Å². The summed E-state index contributed by atoms with van der Waals surface area (Å²) in [5, 5.41) is 6.30. The van der Waals surface area contributed by atoms with Crippen LogP contribution in [0.15, 0.2) is 6.20 Å². The minimum Gasteiger partial charge on any atom is -0.340 e. The molecule has 1 amide bonds. The van der Waals surface area contributed by atoms with Gasteiger partial charge in [0.15, 0.2) is 6.54 Å². The van der Waals surface area contributed by atoms with Crippen molar-refractivity contribution in [2.75, 3.05) is 6.54 Å². The van der Waals surface area contributed by atoms with Crippen molar-refractivity contribution in [1.82, 2.24) is 20.4 Å². The zero-order valence-electron chi connectivity index (χ0n) is 12.4. The first-order chi connectivity index (χ1) is 9.97. The Morgan fingerprint density at radius 1 is 1.38 bits per heavy atom. The van der Waals surface area contributed by atoms with Gasteiger partial charge in [0, 0.05) is 11.8 Å². The molecule has 2 N–H and O–H groups in total. The topological polar surface area (TPSA) is 74.5 Å². The lowest BCUT2D eigenvalue weighted by Gasteiger charge is -2.30. The van der Waals surface area contributed by atoms with Crippen LogP contribution in [0, 0.1) is 6.92 Å². The third-order valence-corrected chi connectivity index (χ3v) is 4.43. The maximum Gasteiger partial charge on any atom is 0.319 e. The molecule has 0 saturated carbocycles. The number of carbonyl (C=O) groups excluding carboxylic acids is 1. The first-order valence-electron chi connectivity index (χ1n) is 7.25. The van der Waals surface area contributed by atoms with Crippen LogP contribution in [-0.2, 0) is 18.4 Å². The van der Waals surface area contributed by atoms with Gasteiger partial charge in [-0.05, 0) is 18.8 Å². The molecule has 6 heteroatoms. The Morgan fingerprint density at radius 2 is 2.19 bits per heavy atom. The van der Waals surface area contributed by atoms with Gasteiger partial charge in [-0.15, -0.1) is 4.68 Å². The Morgan fingerprint density at radius 3 is 3.00 bits per heavy atom. The predicted molar refractivity (Wildman–Crippen MR) is 75.8 cm³/mol. The monoisotopic (exact) mass is 284 g/mol. The number of H-pyrrole nitrogens is 1. The number of amides is 1. The Labute approximate surface area is 122 Å². The normalized spacial score (nSPS) is 18.5. The molecule has 2 aromatic rings. The van der Waals surface area contributed by atoms with E-state index in [-0.39, 0.29) is 11.3 Å². The molecular weight excluding hydrogens is 266 g/mol. The van der Waals surface area contributed by atoms with Crippen LogP contribution in [0.5, 0.6) is 0 Å². The van der Waals surface area contributed by atoms with Crippen molar-refractivity contribution in [1.29, 1.82) is 0 Å². The highest BCUT2D eigenvalue weighted by atomic mass is 16.2. The fraction of sp³-hybridized carbons (Fsp3) is 0.467. The van der Waals surface area contributed by atoms with E-state index in [4.69, 9.17) is 0 Å². The summed E-state index contributed by atoms with van der Waals surface area (Å²) in [5.41, 5.74) is 4.80. The van der Waals surface area contributed by atoms with Crippen LogP contribution in [0.1, 0.15) is 41.3 Å². The second-order valence-electron chi connectivity index (χ2n) is 6.46. The largest absolute Gasteiger partial charge is 0.340 e. The van der Waals surface area contributed by atoms with Crippen LogP contribution in [0.25, 0.3) is 11.4 Å². The van der Waals surface area contributed by atoms with Crippen LogP contribution in [0.4, 0.5) is 0 Å². The second-order valence-corrected chi connectivity index (χ2v) is 6.46. The van der Waals surface area contributed by atoms with Crippen molar-refractivity contribution < 1.29 is 9.48 Å². The van der Waals surface area contributed by atoms with Gasteiger partial charge in [-0.3, -0.25) is 4.79 Å². The van der Waals surface area contributed by atoms with E-state index in [9.17, 15) is 4.79 Å². The molecule has 2 aromatic heterocycles. The van der Waals surface area contributed by atoms with Gasteiger partial charge in [0.1, 0.15) is 11.5 Å². The number of fused-ring (bicyclic) bond motifs is 5. The van der Waals surface area contributed by atoms with Crippen LogP contribution in [0.2, 0.25) is 0 Å². The minimum absolute atomic E-state index is 0.00350. The van der Waals surface area contributed by atoms with E-state index in [1.165, 1.54) is 0 Å². The van der Waals surface area contributed by atoms with Gasteiger partial charge in [0.2, 0.25) is 0 Å². The highest BCUT2D eigenvalue weighted by Crippen LogP contribution is 2.41. The lowest BCUT2D eigenvalue weighted by atomic mass is 9.73. The van der Waals surface area contributed by atoms with Crippen molar-refractivity contribution in [2.45, 2.75) is 39.2 Å². The van der Waals surface area contributed by atoms with E-state index in [0.29, 0.717) is 6.54 Å². The SMILES string of the molecule is Cc1ncc2c(n1)-c1[nH][n+]3c(c1CC2(C)C)C(=O)NCC3. The summed E-state index contributed by atoms with van der Waals surface area (Å²) in [7, 11) is 0. The molecule has 108 valence electrons. The number of aromatic nitrogens is 4. The molecule has 6 nitrogen and oxygen atoms in total. The molecule has 3 heterocycles. The smallest absolute Gasteiger partial charge is 0.319 e. The molecule has 0 atom stereocenters. The zero-order chi connectivity index (χ0) is 14.8. The summed E-state index contributed by atoms with van der Waals surface area (Å²) < 4.78 is 1.95. The summed E-state index contributed by atoms with van der Waals surface area (Å²) in [6.07, 6.45) is 2.74. The standard InChI is InChI=1S/C15H17N5O/c1-8-17-7-10-12(18-8)11-9(6-15(10,2)3)13-14(21)16-4-5-20(13)19-11/h7H,4-6H2,1-3H3,(H,16,21)/p+1. The number of aromatic amines is 1. The average Bonchev–Trinajstić information content (AvgIpc) is 2.77. The lowest BCUT2D eigenvalue weighted by molar-refractivity contribution is -0.751. The molecular formula is C15H18N5O+. The minimum atomic E-state index is -0.0791. The van der Waals surface area contributed by atoms with Gasteiger partial charge >= 0.3 is 5.91 Å².